The van der Waals surface area contributed by atoms with Gasteiger partial charge in [0.2, 0.25) is 0 Å². The largest absolute Gasteiger partial charge is 0.127 e. The molecule has 0 aromatic heterocycles. The molecule has 11 unspecified atom stereocenters. The van der Waals surface area contributed by atoms with E-state index in [9.17, 15) is 0 Å². The van der Waals surface area contributed by atoms with Gasteiger partial charge in [0.05, 0.1) is 8.07 Å². The fraction of sp³-hybridized carbons (Fsp3) is 0.892. The van der Waals surface area contributed by atoms with Crippen LogP contribution in [-0.2, 0) is 0 Å². The van der Waals surface area contributed by atoms with Crippen molar-refractivity contribution in [1.29, 1.82) is 0 Å². The second-order valence-electron chi connectivity index (χ2n) is 18.5. The summed E-state index contributed by atoms with van der Waals surface area (Å²) in [7, 11) is -1.51. The summed E-state index contributed by atoms with van der Waals surface area (Å²) in [6, 6.07) is 0. The van der Waals surface area contributed by atoms with Crippen LogP contribution in [0.4, 0.5) is 0 Å². The minimum atomic E-state index is -1.51. The minimum Gasteiger partial charge on any atom is -0.127 e. The van der Waals surface area contributed by atoms with Crippen molar-refractivity contribution in [3.63, 3.8) is 0 Å². The fourth-order valence-electron chi connectivity index (χ4n) is 12.1. The SMILES string of the molecule is CC1=CC2C(S1)C([Si](C)(C)C1C(C)CC3C(C4CC(C(C)(C)C)CC(C(C)(C)C)C4)CCCC31)C1SC(C)=C[C@@H]21. The van der Waals surface area contributed by atoms with Crippen LogP contribution < -0.4 is 0 Å². The van der Waals surface area contributed by atoms with Gasteiger partial charge < -0.3 is 0 Å². The molecule has 4 fully saturated rings. The maximum atomic E-state index is 2.90. The first-order valence-electron chi connectivity index (χ1n) is 17.3. The van der Waals surface area contributed by atoms with Crippen LogP contribution in [0.25, 0.3) is 0 Å². The van der Waals surface area contributed by atoms with Crippen LogP contribution >= 0.6 is 23.5 Å². The van der Waals surface area contributed by atoms with E-state index in [1.165, 1.54) is 32.1 Å². The van der Waals surface area contributed by atoms with Crippen LogP contribution in [0.15, 0.2) is 22.0 Å². The molecule has 0 amide bonds. The Balaban J connectivity index is 1.27. The molecule has 0 radical (unpaired) electrons. The minimum absolute atomic E-state index is 0.447. The molecule has 0 bridgehead atoms. The maximum absolute atomic E-state index is 2.90. The Bertz CT molecular complexity index is 972. The quantitative estimate of drug-likeness (QED) is 0.296. The van der Waals surface area contributed by atoms with Crippen molar-refractivity contribution in [2.24, 2.45) is 64.1 Å². The predicted octanol–water partition coefficient (Wildman–Crippen LogP) is 11.9. The maximum Gasteiger partial charge on any atom is 0.0566 e. The topological polar surface area (TPSA) is 0 Å². The first-order valence-corrected chi connectivity index (χ1v) is 22.2. The Kier molecular flexibility index (Phi) is 7.98. The number of rotatable bonds is 3. The number of allylic oxidation sites excluding steroid dienone is 4. The van der Waals surface area contributed by atoms with E-state index >= 15 is 0 Å². The van der Waals surface area contributed by atoms with E-state index in [4.69, 9.17) is 0 Å². The Morgan fingerprint density at radius 2 is 1.18 bits per heavy atom. The smallest absolute Gasteiger partial charge is 0.0566 e. The van der Waals surface area contributed by atoms with Crippen LogP contribution in [0, 0.1) is 64.1 Å². The summed E-state index contributed by atoms with van der Waals surface area (Å²) < 4.78 is 0. The van der Waals surface area contributed by atoms with Crippen LogP contribution in [0.5, 0.6) is 0 Å². The number of fused-ring (bicyclic) bond motifs is 4. The van der Waals surface area contributed by atoms with E-state index in [1.807, 2.05) is 0 Å². The average Bonchev–Trinajstić information content (AvgIpc) is 3.55. The van der Waals surface area contributed by atoms with Gasteiger partial charge >= 0.3 is 0 Å². The van der Waals surface area contributed by atoms with E-state index < -0.39 is 8.07 Å². The summed E-state index contributed by atoms with van der Waals surface area (Å²) in [4.78, 5) is 3.25. The zero-order valence-electron chi connectivity index (χ0n) is 27.9. The molecule has 0 nitrogen and oxygen atoms in total. The van der Waals surface area contributed by atoms with Gasteiger partial charge in [-0.05, 0) is 131 Å². The summed E-state index contributed by atoms with van der Waals surface area (Å²) in [5, 5.41) is 1.75. The molecule has 0 aromatic carbocycles. The van der Waals surface area contributed by atoms with E-state index in [-0.39, 0.29) is 0 Å². The molecule has 40 heavy (non-hydrogen) atoms. The summed E-state index contributed by atoms with van der Waals surface area (Å²) >= 11 is 4.60. The molecule has 12 atom stereocenters. The first-order chi connectivity index (χ1) is 18.6. The van der Waals surface area contributed by atoms with Gasteiger partial charge in [-0.15, -0.1) is 23.5 Å². The van der Waals surface area contributed by atoms with Crippen molar-refractivity contribution in [3.8, 4) is 0 Å². The highest BCUT2D eigenvalue weighted by Gasteiger charge is 2.63. The standard InChI is InChI=1S/C37H62S2Si/c1-21-15-29-27(24-18-25(36(4,5)6)20-26(19-24)37(7,8)9)13-12-14-28(29)34(21)40(10,11)35-32-30(16-22(2)38-32)31-17-23(3)39-33(31)35/h16-17,21,24-35H,12-15,18-20H2,1-11H3/t21?,24?,25?,26?,27?,28?,29?,30-,31?,32?,33?,34?,35?/m0/s1. The number of hydrogen-bond acceptors (Lipinski definition) is 2. The fourth-order valence-corrected chi connectivity index (χ4v) is 23.2. The van der Waals surface area contributed by atoms with Crippen molar-refractivity contribution < 1.29 is 0 Å². The molecule has 0 spiro atoms. The molecule has 226 valence electrons. The normalized spacial score (nSPS) is 47.5. The van der Waals surface area contributed by atoms with Crippen LogP contribution in [0.2, 0.25) is 24.2 Å². The highest BCUT2D eigenvalue weighted by molar-refractivity contribution is 8.05. The molecule has 4 aliphatic carbocycles. The Labute approximate surface area is 258 Å². The third kappa shape index (κ3) is 5.12. The lowest BCUT2D eigenvalue weighted by Crippen LogP contribution is -2.48. The molecular weight excluding hydrogens is 537 g/mol. The van der Waals surface area contributed by atoms with Gasteiger partial charge in [0.1, 0.15) is 0 Å². The molecular formula is C37H62S2Si. The van der Waals surface area contributed by atoms with Crippen LogP contribution in [0.3, 0.4) is 0 Å². The van der Waals surface area contributed by atoms with Crippen molar-refractivity contribution in [1.82, 2.24) is 0 Å². The Morgan fingerprint density at radius 1 is 0.675 bits per heavy atom. The van der Waals surface area contributed by atoms with Gasteiger partial charge in [-0.1, -0.05) is 86.6 Å². The lowest BCUT2D eigenvalue weighted by molar-refractivity contribution is -0.000452. The number of hydrogen-bond donors (Lipinski definition) is 0. The summed E-state index contributed by atoms with van der Waals surface area (Å²) in [6.45, 7) is 28.6. The summed E-state index contributed by atoms with van der Waals surface area (Å²) in [5.74, 6) is 8.38. The van der Waals surface area contributed by atoms with E-state index in [1.54, 1.807) is 22.7 Å². The third-order valence-electron chi connectivity index (χ3n) is 13.8. The van der Waals surface area contributed by atoms with Crippen LogP contribution in [0.1, 0.15) is 107 Å². The molecule has 0 aromatic rings. The predicted molar refractivity (Wildman–Crippen MR) is 184 cm³/mol. The summed E-state index contributed by atoms with van der Waals surface area (Å²) in [5.41, 5.74) is 2.90. The zero-order valence-corrected chi connectivity index (χ0v) is 30.6. The molecule has 2 heterocycles. The van der Waals surface area contributed by atoms with Crippen LogP contribution in [-0.4, -0.2) is 18.6 Å². The highest BCUT2D eigenvalue weighted by atomic mass is 32.2. The summed E-state index contributed by atoms with van der Waals surface area (Å²) in [6.07, 6.45) is 16.1. The van der Waals surface area contributed by atoms with Crippen molar-refractivity contribution in [3.05, 3.63) is 22.0 Å². The Hall–Kier alpha value is 0.397. The lowest BCUT2D eigenvalue weighted by Gasteiger charge is -2.51. The second kappa shape index (κ2) is 10.5. The van der Waals surface area contributed by atoms with Gasteiger partial charge in [0, 0.05) is 10.5 Å². The molecule has 0 N–H and O–H groups in total. The highest BCUT2D eigenvalue weighted by Crippen LogP contribution is 2.69. The molecule has 6 aliphatic rings. The van der Waals surface area contributed by atoms with E-state index in [0.717, 1.165) is 74.8 Å². The Morgan fingerprint density at radius 3 is 1.68 bits per heavy atom. The van der Waals surface area contributed by atoms with E-state index in [2.05, 4.69) is 111 Å². The van der Waals surface area contributed by atoms with Gasteiger partial charge in [-0.25, -0.2) is 0 Å². The zero-order chi connectivity index (χ0) is 28.9. The first kappa shape index (κ1) is 30.4. The number of thioether (sulfide) groups is 2. The van der Waals surface area contributed by atoms with Gasteiger partial charge in [-0.3, -0.25) is 0 Å². The van der Waals surface area contributed by atoms with Crippen molar-refractivity contribution >= 4 is 31.6 Å². The monoisotopic (exact) mass is 598 g/mol. The lowest BCUT2D eigenvalue weighted by atomic mass is 9.55. The molecule has 6 rings (SSSR count). The van der Waals surface area contributed by atoms with Gasteiger partial charge in [0.25, 0.3) is 0 Å². The molecule has 0 saturated heterocycles. The second-order valence-corrected chi connectivity index (χ2v) is 26.3. The average molecular weight is 599 g/mol. The van der Waals surface area contributed by atoms with Gasteiger partial charge in [0.15, 0.2) is 0 Å². The van der Waals surface area contributed by atoms with Crippen molar-refractivity contribution in [2.45, 2.75) is 142 Å². The molecule has 2 aliphatic heterocycles. The molecule has 3 heteroatoms. The third-order valence-corrected chi connectivity index (χ3v) is 22.2. The molecule has 4 saturated carbocycles. The van der Waals surface area contributed by atoms with Crippen molar-refractivity contribution in [2.75, 3.05) is 0 Å². The van der Waals surface area contributed by atoms with Gasteiger partial charge in [-0.2, -0.15) is 0 Å². The van der Waals surface area contributed by atoms with E-state index in [0.29, 0.717) is 10.8 Å².